The molecule has 2 nitrogen and oxygen atoms in total. The molecule has 1 aliphatic heterocycles. The van der Waals surface area contributed by atoms with Gasteiger partial charge in [0.05, 0.1) is 0 Å². The van der Waals surface area contributed by atoms with E-state index in [-0.39, 0.29) is 0 Å². The second-order valence-electron chi connectivity index (χ2n) is 5.20. The summed E-state index contributed by atoms with van der Waals surface area (Å²) in [5.74, 6) is 0.833. The quantitative estimate of drug-likeness (QED) is 0.909. The van der Waals surface area contributed by atoms with Crippen LogP contribution in [-0.4, -0.2) is 31.6 Å². The summed E-state index contributed by atoms with van der Waals surface area (Å²) in [5.41, 5.74) is 1.50. The second kappa shape index (κ2) is 5.39. The van der Waals surface area contributed by atoms with Crippen molar-refractivity contribution in [3.8, 4) is 0 Å². The van der Waals surface area contributed by atoms with Crippen molar-refractivity contribution < 1.29 is 0 Å². The zero-order valence-corrected chi connectivity index (χ0v) is 11.7. The standard InChI is InChI=1S/C15H20N2S/c1-16-8-12-6-7-17(9-12)10-13-11-18-15-5-3-2-4-14(13)15/h2-5,11-12,16H,6-10H2,1H3. The molecule has 96 valence electrons. The lowest BCUT2D eigenvalue weighted by Crippen LogP contribution is -2.24. The maximum atomic E-state index is 3.29. The van der Waals surface area contributed by atoms with Crippen molar-refractivity contribution in [3.63, 3.8) is 0 Å². The van der Waals surface area contributed by atoms with E-state index in [4.69, 9.17) is 0 Å². The van der Waals surface area contributed by atoms with Gasteiger partial charge in [-0.25, -0.2) is 0 Å². The minimum Gasteiger partial charge on any atom is -0.319 e. The van der Waals surface area contributed by atoms with Crippen molar-refractivity contribution in [1.82, 2.24) is 10.2 Å². The summed E-state index contributed by atoms with van der Waals surface area (Å²) in [6.07, 6.45) is 1.34. The maximum absolute atomic E-state index is 3.29. The van der Waals surface area contributed by atoms with Crippen molar-refractivity contribution >= 4 is 21.4 Å². The minimum absolute atomic E-state index is 0.833. The van der Waals surface area contributed by atoms with E-state index in [2.05, 4.69) is 46.9 Å². The Morgan fingerprint density at radius 2 is 2.28 bits per heavy atom. The molecule has 0 amide bonds. The number of benzene rings is 1. The Morgan fingerprint density at radius 1 is 1.39 bits per heavy atom. The lowest BCUT2D eigenvalue weighted by atomic mass is 10.1. The van der Waals surface area contributed by atoms with Gasteiger partial charge >= 0.3 is 0 Å². The minimum atomic E-state index is 0.833. The molecule has 3 rings (SSSR count). The third-order valence-electron chi connectivity index (χ3n) is 3.82. The molecule has 1 N–H and O–H groups in total. The van der Waals surface area contributed by atoms with Crippen LogP contribution in [0, 0.1) is 5.92 Å². The molecule has 2 heterocycles. The molecule has 0 saturated carbocycles. The largest absolute Gasteiger partial charge is 0.319 e. The van der Waals surface area contributed by atoms with Crippen molar-refractivity contribution in [3.05, 3.63) is 35.2 Å². The van der Waals surface area contributed by atoms with Crippen LogP contribution in [-0.2, 0) is 6.54 Å². The molecule has 0 spiro atoms. The van der Waals surface area contributed by atoms with Gasteiger partial charge in [-0.1, -0.05) is 18.2 Å². The first kappa shape index (κ1) is 12.2. The van der Waals surface area contributed by atoms with Crippen molar-refractivity contribution in [1.29, 1.82) is 0 Å². The van der Waals surface area contributed by atoms with Gasteiger partial charge in [-0.05, 0) is 54.9 Å². The molecule has 1 saturated heterocycles. The van der Waals surface area contributed by atoms with Crippen molar-refractivity contribution in [2.75, 3.05) is 26.7 Å². The van der Waals surface area contributed by atoms with Gasteiger partial charge in [0.2, 0.25) is 0 Å². The summed E-state index contributed by atoms with van der Waals surface area (Å²) in [5, 5.41) is 7.07. The highest BCUT2D eigenvalue weighted by Crippen LogP contribution is 2.28. The van der Waals surface area contributed by atoms with Gasteiger partial charge in [0.1, 0.15) is 0 Å². The molecule has 3 heteroatoms. The molecule has 1 aromatic carbocycles. The topological polar surface area (TPSA) is 15.3 Å². The third kappa shape index (κ3) is 2.44. The van der Waals surface area contributed by atoms with Crippen LogP contribution in [0.15, 0.2) is 29.6 Å². The second-order valence-corrected chi connectivity index (χ2v) is 6.12. The number of thiophene rings is 1. The van der Waals surface area contributed by atoms with Gasteiger partial charge in [0.15, 0.2) is 0 Å². The number of hydrogen-bond donors (Lipinski definition) is 1. The van der Waals surface area contributed by atoms with E-state index in [0.29, 0.717) is 0 Å². The van der Waals surface area contributed by atoms with E-state index in [0.717, 1.165) is 19.0 Å². The highest BCUT2D eigenvalue weighted by Gasteiger charge is 2.22. The van der Waals surface area contributed by atoms with Crippen LogP contribution in [0.3, 0.4) is 0 Å². The predicted molar refractivity (Wildman–Crippen MR) is 79.1 cm³/mol. The highest BCUT2D eigenvalue weighted by atomic mass is 32.1. The first-order valence-electron chi connectivity index (χ1n) is 6.69. The monoisotopic (exact) mass is 260 g/mol. The number of nitrogens with one attached hydrogen (secondary N) is 1. The normalized spacial score (nSPS) is 20.8. The summed E-state index contributed by atoms with van der Waals surface area (Å²) in [6.45, 7) is 4.76. The fourth-order valence-corrected chi connectivity index (χ4v) is 3.86. The molecule has 2 aromatic rings. The lowest BCUT2D eigenvalue weighted by molar-refractivity contribution is 0.317. The van der Waals surface area contributed by atoms with E-state index < -0.39 is 0 Å². The maximum Gasteiger partial charge on any atom is 0.0346 e. The van der Waals surface area contributed by atoms with Gasteiger partial charge < -0.3 is 5.32 Å². The molecular weight excluding hydrogens is 240 g/mol. The van der Waals surface area contributed by atoms with E-state index in [1.165, 1.54) is 35.2 Å². The van der Waals surface area contributed by atoms with Crippen LogP contribution in [0.5, 0.6) is 0 Å². The number of rotatable bonds is 4. The van der Waals surface area contributed by atoms with Crippen LogP contribution in [0.25, 0.3) is 10.1 Å². The zero-order valence-electron chi connectivity index (χ0n) is 10.9. The summed E-state index contributed by atoms with van der Waals surface area (Å²) in [6, 6.07) is 8.74. The van der Waals surface area contributed by atoms with E-state index >= 15 is 0 Å². The van der Waals surface area contributed by atoms with Crippen LogP contribution in [0.4, 0.5) is 0 Å². The fraction of sp³-hybridized carbons (Fsp3) is 0.467. The Bertz CT molecular complexity index is 520. The van der Waals surface area contributed by atoms with E-state index in [1.807, 2.05) is 11.3 Å². The Hall–Kier alpha value is -0.900. The van der Waals surface area contributed by atoms with Gasteiger partial charge in [0, 0.05) is 17.8 Å². The molecule has 18 heavy (non-hydrogen) atoms. The van der Waals surface area contributed by atoms with Crippen molar-refractivity contribution in [2.45, 2.75) is 13.0 Å². The molecule has 0 aliphatic carbocycles. The SMILES string of the molecule is CNCC1CCN(Cc2csc3ccccc23)C1. The van der Waals surface area contributed by atoms with Crippen LogP contribution >= 0.6 is 11.3 Å². The molecule has 1 aromatic heterocycles. The smallest absolute Gasteiger partial charge is 0.0346 e. The molecule has 0 bridgehead atoms. The van der Waals surface area contributed by atoms with Crippen LogP contribution < -0.4 is 5.32 Å². The third-order valence-corrected chi connectivity index (χ3v) is 4.83. The number of nitrogens with zero attached hydrogens (tertiary/aromatic N) is 1. The average molecular weight is 260 g/mol. The Labute approximate surface area is 113 Å². The summed E-state index contributed by atoms with van der Waals surface area (Å²) >= 11 is 1.87. The van der Waals surface area contributed by atoms with Crippen LogP contribution in [0.1, 0.15) is 12.0 Å². The molecular formula is C15H20N2S. The van der Waals surface area contributed by atoms with Gasteiger partial charge in [0.25, 0.3) is 0 Å². The number of fused-ring (bicyclic) bond motifs is 1. The molecule has 1 atom stereocenters. The van der Waals surface area contributed by atoms with Gasteiger partial charge in [-0.3, -0.25) is 4.90 Å². The molecule has 0 radical (unpaired) electrons. The van der Waals surface area contributed by atoms with E-state index in [9.17, 15) is 0 Å². The van der Waals surface area contributed by atoms with Crippen molar-refractivity contribution in [2.24, 2.45) is 5.92 Å². The molecule has 1 fully saturated rings. The molecule has 1 unspecified atom stereocenters. The summed E-state index contributed by atoms with van der Waals surface area (Å²) < 4.78 is 1.42. The summed E-state index contributed by atoms with van der Waals surface area (Å²) in [7, 11) is 2.05. The van der Waals surface area contributed by atoms with E-state index in [1.54, 1.807) is 0 Å². The van der Waals surface area contributed by atoms with Gasteiger partial charge in [-0.15, -0.1) is 11.3 Å². The highest BCUT2D eigenvalue weighted by molar-refractivity contribution is 7.17. The predicted octanol–water partition coefficient (Wildman–Crippen LogP) is 2.94. The Balaban J connectivity index is 1.70. The first-order chi connectivity index (χ1) is 8.86. The zero-order chi connectivity index (χ0) is 12.4. The molecule has 1 aliphatic rings. The first-order valence-corrected chi connectivity index (χ1v) is 7.57. The van der Waals surface area contributed by atoms with Gasteiger partial charge in [-0.2, -0.15) is 0 Å². The Kier molecular flexibility index (Phi) is 3.64. The Morgan fingerprint density at radius 3 is 3.17 bits per heavy atom. The number of hydrogen-bond acceptors (Lipinski definition) is 3. The lowest BCUT2D eigenvalue weighted by Gasteiger charge is -2.15. The average Bonchev–Trinajstić information content (AvgIpc) is 2.99. The fourth-order valence-electron chi connectivity index (χ4n) is 2.91. The summed E-state index contributed by atoms with van der Waals surface area (Å²) in [4.78, 5) is 2.59. The number of likely N-dealkylation sites (tertiary alicyclic amines) is 1. The van der Waals surface area contributed by atoms with Crippen LogP contribution in [0.2, 0.25) is 0 Å².